The first-order valence-corrected chi connectivity index (χ1v) is 6.47. The quantitative estimate of drug-likeness (QED) is 0.760. The van der Waals surface area contributed by atoms with E-state index in [0.717, 1.165) is 12.1 Å². The maximum atomic E-state index is 14.0. The van der Waals surface area contributed by atoms with Gasteiger partial charge in [-0.25, -0.2) is 4.39 Å². The number of ether oxygens (including phenoxy) is 1. The van der Waals surface area contributed by atoms with Gasteiger partial charge in [-0.05, 0) is 38.5 Å². The molecule has 0 aromatic heterocycles. The Morgan fingerprint density at radius 2 is 2.11 bits per heavy atom. The number of benzene rings is 1. The van der Waals surface area contributed by atoms with Crippen LogP contribution in [0.15, 0.2) is 18.2 Å². The fourth-order valence-corrected chi connectivity index (χ4v) is 1.83. The molecule has 0 amide bonds. The lowest BCUT2D eigenvalue weighted by atomic mass is 10.1. The second-order valence-electron chi connectivity index (χ2n) is 4.28. The molecule has 1 rings (SSSR count). The van der Waals surface area contributed by atoms with Gasteiger partial charge in [0.25, 0.3) is 0 Å². The van der Waals surface area contributed by atoms with Gasteiger partial charge < -0.3 is 15.4 Å². The van der Waals surface area contributed by atoms with E-state index in [1.165, 1.54) is 6.07 Å². The van der Waals surface area contributed by atoms with Crippen molar-refractivity contribution in [1.82, 2.24) is 0 Å². The third kappa shape index (κ3) is 3.96. The fourth-order valence-electron chi connectivity index (χ4n) is 1.83. The molecule has 1 unspecified atom stereocenters. The van der Waals surface area contributed by atoms with E-state index in [2.05, 4.69) is 0 Å². The van der Waals surface area contributed by atoms with Gasteiger partial charge in [0.1, 0.15) is 5.82 Å². The van der Waals surface area contributed by atoms with Crippen LogP contribution in [-0.2, 0) is 4.74 Å². The van der Waals surface area contributed by atoms with Gasteiger partial charge in [-0.3, -0.25) is 0 Å². The topological polar surface area (TPSA) is 38.5 Å². The monoisotopic (exact) mass is 254 g/mol. The molecule has 4 heteroatoms. The molecule has 0 fully saturated rings. The Morgan fingerprint density at radius 1 is 1.39 bits per heavy atom. The van der Waals surface area contributed by atoms with Crippen LogP contribution >= 0.6 is 0 Å². The third-order valence-corrected chi connectivity index (χ3v) is 2.93. The number of nitrogens with two attached hydrogens (primary N) is 1. The van der Waals surface area contributed by atoms with Crippen LogP contribution in [0.1, 0.15) is 32.4 Å². The van der Waals surface area contributed by atoms with E-state index in [1.807, 2.05) is 31.7 Å². The molecule has 102 valence electrons. The number of rotatable bonds is 7. The van der Waals surface area contributed by atoms with E-state index in [1.54, 1.807) is 6.07 Å². The van der Waals surface area contributed by atoms with E-state index in [9.17, 15) is 4.39 Å². The Labute approximate surface area is 109 Å². The Morgan fingerprint density at radius 3 is 2.61 bits per heavy atom. The Bertz CT molecular complexity index is 369. The number of anilines is 1. The van der Waals surface area contributed by atoms with Crippen molar-refractivity contribution in [3.63, 3.8) is 0 Å². The number of hydrogen-bond acceptors (Lipinski definition) is 3. The van der Waals surface area contributed by atoms with Gasteiger partial charge in [-0.2, -0.15) is 0 Å². The summed E-state index contributed by atoms with van der Waals surface area (Å²) < 4.78 is 19.3. The van der Waals surface area contributed by atoms with Crippen LogP contribution in [-0.4, -0.2) is 26.3 Å². The first kappa shape index (κ1) is 14.9. The lowest BCUT2D eigenvalue weighted by Gasteiger charge is -2.24. The van der Waals surface area contributed by atoms with Gasteiger partial charge in [0.05, 0.1) is 12.3 Å². The van der Waals surface area contributed by atoms with Crippen molar-refractivity contribution in [2.45, 2.75) is 26.8 Å². The van der Waals surface area contributed by atoms with E-state index < -0.39 is 0 Å². The minimum absolute atomic E-state index is 0.146. The molecule has 0 radical (unpaired) electrons. The summed E-state index contributed by atoms with van der Waals surface area (Å²) in [4.78, 5) is 1.97. The highest BCUT2D eigenvalue weighted by Crippen LogP contribution is 2.22. The van der Waals surface area contributed by atoms with Crippen LogP contribution in [0, 0.1) is 5.82 Å². The molecule has 2 N–H and O–H groups in total. The lowest BCUT2D eigenvalue weighted by molar-refractivity contribution is 0.154. The Kier molecular flexibility index (Phi) is 6.09. The predicted octanol–water partition coefficient (Wildman–Crippen LogP) is 2.71. The van der Waals surface area contributed by atoms with Crippen molar-refractivity contribution in [2.75, 3.05) is 31.2 Å². The van der Waals surface area contributed by atoms with Gasteiger partial charge in [0.2, 0.25) is 0 Å². The summed E-state index contributed by atoms with van der Waals surface area (Å²) in [7, 11) is 0. The molecular weight excluding hydrogens is 231 g/mol. The molecule has 0 aliphatic rings. The highest BCUT2D eigenvalue weighted by atomic mass is 19.1. The van der Waals surface area contributed by atoms with Crippen LogP contribution in [0.2, 0.25) is 0 Å². The van der Waals surface area contributed by atoms with Crippen LogP contribution in [0.5, 0.6) is 0 Å². The van der Waals surface area contributed by atoms with Gasteiger partial charge in [0.15, 0.2) is 0 Å². The Hall–Kier alpha value is -1.13. The van der Waals surface area contributed by atoms with Crippen molar-refractivity contribution in [1.29, 1.82) is 0 Å². The summed E-state index contributed by atoms with van der Waals surface area (Å²) in [6.45, 7) is 8.54. The molecule has 1 aromatic carbocycles. The van der Waals surface area contributed by atoms with Crippen LogP contribution < -0.4 is 10.6 Å². The highest BCUT2D eigenvalue weighted by molar-refractivity contribution is 5.49. The zero-order valence-electron chi connectivity index (χ0n) is 11.4. The second-order valence-corrected chi connectivity index (χ2v) is 4.28. The summed E-state index contributed by atoms with van der Waals surface area (Å²) in [5.74, 6) is -0.219. The van der Waals surface area contributed by atoms with Gasteiger partial charge >= 0.3 is 0 Å². The van der Waals surface area contributed by atoms with Crippen molar-refractivity contribution in [3.05, 3.63) is 29.6 Å². The van der Waals surface area contributed by atoms with Crippen molar-refractivity contribution in [2.24, 2.45) is 5.73 Å². The maximum Gasteiger partial charge on any atom is 0.146 e. The number of hydrogen-bond donors (Lipinski definition) is 1. The molecule has 0 saturated heterocycles. The van der Waals surface area contributed by atoms with E-state index >= 15 is 0 Å². The molecule has 18 heavy (non-hydrogen) atoms. The van der Waals surface area contributed by atoms with Crippen molar-refractivity contribution < 1.29 is 9.13 Å². The SMILES string of the molecule is CCOCCN(CC)c1ccc(C(C)N)cc1F. The first-order chi connectivity index (χ1) is 8.60. The van der Waals surface area contributed by atoms with E-state index in [-0.39, 0.29) is 11.9 Å². The van der Waals surface area contributed by atoms with Crippen LogP contribution in [0.25, 0.3) is 0 Å². The molecule has 0 heterocycles. The maximum absolute atomic E-state index is 14.0. The summed E-state index contributed by atoms with van der Waals surface area (Å²) in [6, 6.07) is 5.05. The second kappa shape index (κ2) is 7.34. The largest absolute Gasteiger partial charge is 0.380 e. The molecule has 3 nitrogen and oxygen atoms in total. The van der Waals surface area contributed by atoms with Gasteiger partial charge in [0, 0.05) is 25.7 Å². The number of likely N-dealkylation sites (N-methyl/N-ethyl adjacent to an activating group) is 1. The fraction of sp³-hybridized carbons (Fsp3) is 0.571. The van der Waals surface area contributed by atoms with E-state index in [0.29, 0.717) is 25.4 Å². The summed E-state index contributed by atoms with van der Waals surface area (Å²) in [6.07, 6.45) is 0. The smallest absolute Gasteiger partial charge is 0.146 e. The average Bonchev–Trinajstić information content (AvgIpc) is 2.35. The van der Waals surface area contributed by atoms with Gasteiger partial charge in [-0.15, -0.1) is 0 Å². The van der Waals surface area contributed by atoms with E-state index in [4.69, 9.17) is 10.5 Å². The Balaban J connectivity index is 2.79. The zero-order valence-corrected chi connectivity index (χ0v) is 11.4. The zero-order chi connectivity index (χ0) is 13.5. The normalized spacial score (nSPS) is 12.5. The van der Waals surface area contributed by atoms with Gasteiger partial charge in [-0.1, -0.05) is 6.07 Å². The minimum atomic E-state index is -0.219. The third-order valence-electron chi connectivity index (χ3n) is 2.93. The number of halogens is 1. The van der Waals surface area contributed by atoms with Crippen molar-refractivity contribution >= 4 is 5.69 Å². The highest BCUT2D eigenvalue weighted by Gasteiger charge is 2.11. The van der Waals surface area contributed by atoms with Crippen LogP contribution in [0.4, 0.5) is 10.1 Å². The molecule has 0 saturated carbocycles. The molecule has 0 aliphatic carbocycles. The first-order valence-electron chi connectivity index (χ1n) is 6.47. The standard InChI is InChI=1S/C14H23FN2O/c1-4-17(8-9-18-5-2)14-7-6-12(11(3)16)10-13(14)15/h6-7,10-11H,4-5,8-9,16H2,1-3H3. The summed E-state index contributed by atoms with van der Waals surface area (Å²) in [5, 5.41) is 0. The van der Waals surface area contributed by atoms with Crippen molar-refractivity contribution in [3.8, 4) is 0 Å². The predicted molar refractivity (Wildman–Crippen MR) is 73.4 cm³/mol. The summed E-state index contributed by atoms with van der Waals surface area (Å²) >= 11 is 0. The number of nitrogens with zero attached hydrogens (tertiary/aromatic N) is 1. The molecule has 1 atom stereocenters. The average molecular weight is 254 g/mol. The molecule has 1 aromatic rings. The minimum Gasteiger partial charge on any atom is -0.380 e. The molecule has 0 spiro atoms. The summed E-state index contributed by atoms with van der Waals surface area (Å²) in [5.41, 5.74) is 7.17. The molecular formula is C14H23FN2O. The lowest BCUT2D eigenvalue weighted by Crippen LogP contribution is -2.28. The van der Waals surface area contributed by atoms with Crippen LogP contribution in [0.3, 0.4) is 0 Å². The molecule has 0 aliphatic heterocycles. The molecule has 0 bridgehead atoms.